The van der Waals surface area contributed by atoms with Gasteiger partial charge in [-0.15, -0.1) is 0 Å². The molecule has 24 heavy (non-hydrogen) atoms. The highest BCUT2D eigenvalue weighted by Gasteiger charge is 2.33. The van der Waals surface area contributed by atoms with Gasteiger partial charge in [0.25, 0.3) is 0 Å². The summed E-state index contributed by atoms with van der Waals surface area (Å²) in [5, 5.41) is 9.77. The molecule has 1 saturated heterocycles. The second-order valence-corrected chi connectivity index (χ2v) is 6.14. The molecule has 2 heterocycles. The number of benzene rings is 1. The van der Waals surface area contributed by atoms with Crippen LogP contribution in [0.25, 0.3) is 11.3 Å². The lowest BCUT2D eigenvalue weighted by molar-refractivity contribution is -0.148. The molecule has 0 aliphatic carbocycles. The third-order valence-corrected chi connectivity index (χ3v) is 4.35. The predicted octanol–water partition coefficient (Wildman–Crippen LogP) is 3.00. The first-order valence-electron chi connectivity index (χ1n) is 7.77. The van der Waals surface area contributed by atoms with Gasteiger partial charge in [-0.05, 0) is 37.1 Å². The maximum atomic E-state index is 12.2. The van der Waals surface area contributed by atoms with Gasteiger partial charge in [0.2, 0.25) is 5.91 Å². The highest BCUT2D eigenvalue weighted by Crippen LogP contribution is 2.23. The van der Waals surface area contributed by atoms with Gasteiger partial charge in [0.15, 0.2) is 11.7 Å². The number of amides is 1. The largest absolute Gasteiger partial charge is 0.480 e. The van der Waals surface area contributed by atoms with Crippen molar-refractivity contribution in [1.82, 2.24) is 9.88 Å². The SMILES string of the molecule is O=C(O)C1CCCN1C(=O)CCc1ncc(-c2ccc(Cl)cc2)o1. The number of hydrogen-bond donors (Lipinski definition) is 1. The van der Waals surface area contributed by atoms with E-state index < -0.39 is 12.0 Å². The molecule has 1 amide bonds. The number of nitrogens with zero attached hydrogens (tertiary/aromatic N) is 2. The highest BCUT2D eigenvalue weighted by atomic mass is 35.5. The molecule has 1 fully saturated rings. The second-order valence-electron chi connectivity index (χ2n) is 5.71. The molecule has 0 spiro atoms. The minimum absolute atomic E-state index is 0.175. The fourth-order valence-corrected chi connectivity index (χ4v) is 2.98. The van der Waals surface area contributed by atoms with Crippen molar-refractivity contribution < 1.29 is 19.1 Å². The fourth-order valence-electron chi connectivity index (χ4n) is 2.85. The van der Waals surface area contributed by atoms with Crippen molar-refractivity contribution in [2.75, 3.05) is 6.54 Å². The zero-order valence-corrected chi connectivity index (χ0v) is 13.7. The van der Waals surface area contributed by atoms with E-state index in [1.54, 1.807) is 18.3 Å². The predicted molar refractivity (Wildman–Crippen MR) is 87.6 cm³/mol. The Labute approximate surface area is 144 Å². The number of aryl methyl sites for hydroxylation is 1. The number of rotatable bonds is 5. The molecule has 1 aromatic heterocycles. The highest BCUT2D eigenvalue weighted by molar-refractivity contribution is 6.30. The third kappa shape index (κ3) is 3.59. The van der Waals surface area contributed by atoms with Gasteiger partial charge in [0, 0.05) is 30.0 Å². The zero-order chi connectivity index (χ0) is 17.1. The van der Waals surface area contributed by atoms with Crippen LogP contribution in [0.1, 0.15) is 25.2 Å². The summed E-state index contributed by atoms with van der Waals surface area (Å²) in [4.78, 5) is 29.0. The number of likely N-dealkylation sites (tertiary alicyclic amines) is 1. The molecule has 3 rings (SSSR count). The molecule has 6 nitrogen and oxygen atoms in total. The Morgan fingerprint density at radius 1 is 1.33 bits per heavy atom. The third-order valence-electron chi connectivity index (χ3n) is 4.09. The molecule has 1 aromatic carbocycles. The average Bonchev–Trinajstić information content (AvgIpc) is 3.22. The summed E-state index contributed by atoms with van der Waals surface area (Å²) in [5.74, 6) is -0.0498. The smallest absolute Gasteiger partial charge is 0.326 e. The molecular formula is C17H17ClN2O4. The van der Waals surface area contributed by atoms with E-state index in [2.05, 4.69) is 4.98 Å². The summed E-state index contributed by atoms with van der Waals surface area (Å²) in [6.07, 6.45) is 3.38. The van der Waals surface area contributed by atoms with E-state index in [0.29, 0.717) is 36.1 Å². The van der Waals surface area contributed by atoms with Gasteiger partial charge in [0.1, 0.15) is 6.04 Å². The minimum Gasteiger partial charge on any atom is -0.480 e. The van der Waals surface area contributed by atoms with Crippen LogP contribution in [0.3, 0.4) is 0 Å². The van der Waals surface area contributed by atoms with Crippen molar-refractivity contribution in [3.8, 4) is 11.3 Å². The van der Waals surface area contributed by atoms with Crippen LogP contribution in [-0.4, -0.2) is 39.5 Å². The number of halogens is 1. The maximum Gasteiger partial charge on any atom is 0.326 e. The number of aliphatic carboxylic acids is 1. The van der Waals surface area contributed by atoms with Crippen LogP contribution in [0.5, 0.6) is 0 Å². The summed E-state index contributed by atoms with van der Waals surface area (Å²) in [5.41, 5.74) is 0.856. The van der Waals surface area contributed by atoms with E-state index in [1.165, 1.54) is 4.90 Å². The lowest BCUT2D eigenvalue weighted by atomic mass is 10.2. The summed E-state index contributed by atoms with van der Waals surface area (Å²) in [6.45, 7) is 0.497. The van der Waals surface area contributed by atoms with Gasteiger partial charge in [-0.1, -0.05) is 11.6 Å². The minimum atomic E-state index is -0.943. The van der Waals surface area contributed by atoms with Crippen LogP contribution >= 0.6 is 11.6 Å². The van der Waals surface area contributed by atoms with Crippen molar-refractivity contribution in [1.29, 1.82) is 0 Å². The number of aromatic nitrogens is 1. The van der Waals surface area contributed by atoms with E-state index in [0.717, 1.165) is 12.0 Å². The molecule has 0 saturated carbocycles. The van der Waals surface area contributed by atoms with Gasteiger partial charge >= 0.3 is 5.97 Å². The molecule has 1 aliphatic rings. The molecule has 2 aromatic rings. The number of carbonyl (C=O) groups excluding carboxylic acids is 1. The van der Waals surface area contributed by atoms with Crippen LogP contribution in [0, 0.1) is 0 Å². The van der Waals surface area contributed by atoms with E-state index in [-0.39, 0.29) is 12.3 Å². The van der Waals surface area contributed by atoms with Gasteiger partial charge in [-0.25, -0.2) is 9.78 Å². The summed E-state index contributed by atoms with van der Waals surface area (Å²) in [6, 6.07) is 6.50. The van der Waals surface area contributed by atoms with E-state index in [4.69, 9.17) is 21.1 Å². The molecule has 0 radical (unpaired) electrons. The fraction of sp³-hybridized carbons (Fsp3) is 0.353. The molecular weight excluding hydrogens is 332 g/mol. The molecule has 7 heteroatoms. The van der Waals surface area contributed by atoms with Crippen molar-refractivity contribution >= 4 is 23.5 Å². The van der Waals surface area contributed by atoms with Crippen LogP contribution in [0.15, 0.2) is 34.9 Å². The van der Waals surface area contributed by atoms with Gasteiger partial charge in [0.05, 0.1) is 6.20 Å². The lowest BCUT2D eigenvalue weighted by Crippen LogP contribution is -2.40. The first kappa shape index (κ1) is 16.5. The quantitative estimate of drug-likeness (QED) is 0.898. The Bertz CT molecular complexity index is 741. The topological polar surface area (TPSA) is 83.6 Å². The molecule has 1 unspecified atom stereocenters. The number of carboxylic acids is 1. The van der Waals surface area contributed by atoms with Crippen LogP contribution in [-0.2, 0) is 16.0 Å². The molecule has 126 valence electrons. The monoisotopic (exact) mass is 348 g/mol. The zero-order valence-electron chi connectivity index (χ0n) is 12.9. The lowest BCUT2D eigenvalue weighted by Gasteiger charge is -2.20. The number of oxazole rings is 1. The average molecular weight is 349 g/mol. The molecule has 1 atom stereocenters. The van der Waals surface area contributed by atoms with Gasteiger partial charge < -0.3 is 14.4 Å². The standard InChI is InChI=1S/C17H17ClN2O4/c18-12-5-3-11(4-6-12)14-10-19-15(24-14)7-8-16(21)20-9-1-2-13(20)17(22)23/h3-6,10,13H,1-2,7-9H2,(H,22,23). The number of carbonyl (C=O) groups is 2. The van der Waals surface area contributed by atoms with E-state index >= 15 is 0 Å². The van der Waals surface area contributed by atoms with Crippen molar-refractivity contribution in [2.45, 2.75) is 31.7 Å². The summed E-state index contributed by atoms with van der Waals surface area (Å²) in [7, 11) is 0. The second kappa shape index (κ2) is 7.05. The Hall–Kier alpha value is -2.34. The molecule has 1 N–H and O–H groups in total. The van der Waals surface area contributed by atoms with Gasteiger partial charge in [-0.2, -0.15) is 0 Å². The first-order chi connectivity index (χ1) is 11.5. The molecule has 0 bridgehead atoms. The van der Waals surface area contributed by atoms with E-state index in [1.807, 2.05) is 12.1 Å². The Morgan fingerprint density at radius 3 is 2.79 bits per heavy atom. The van der Waals surface area contributed by atoms with Crippen LogP contribution < -0.4 is 0 Å². The van der Waals surface area contributed by atoms with Crippen molar-refractivity contribution in [3.63, 3.8) is 0 Å². The Kier molecular flexibility index (Phi) is 4.85. The molecule has 1 aliphatic heterocycles. The summed E-state index contributed by atoms with van der Waals surface area (Å²) < 4.78 is 5.66. The van der Waals surface area contributed by atoms with Gasteiger partial charge in [-0.3, -0.25) is 4.79 Å². The number of hydrogen-bond acceptors (Lipinski definition) is 4. The normalized spacial score (nSPS) is 17.2. The Morgan fingerprint density at radius 2 is 2.08 bits per heavy atom. The van der Waals surface area contributed by atoms with Crippen LogP contribution in [0.2, 0.25) is 5.02 Å². The van der Waals surface area contributed by atoms with Crippen molar-refractivity contribution in [2.24, 2.45) is 0 Å². The van der Waals surface area contributed by atoms with Crippen molar-refractivity contribution in [3.05, 3.63) is 41.4 Å². The van der Waals surface area contributed by atoms with E-state index in [9.17, 15) is 9.59 Å². The summed E-state index contributed by atoms with van der Waals surface area (Å²) >= 11 is 5.85. The first-order valence-corrected chi connectivity index (χ1v) is 8.15. The Balaban J connectivity index is 1.60. The maximum absolute atomic E-state index is 12.2. The number of carboxylic acid groups (broad SMARTS) is 1. The van der Waals surface area contributed by atoms with Crippen LogP contribution in [0.4, 0.5) is 0 Å².